The van der Waals surface area contributed by atoms with Gasteiger partial charge in [-0.2, -0.15) is 0 Å². The Balaban J connectivity index is 2.42. The summed E-state index contributed by atoms with van der Waals surface area (Å²) in [5.74, 6) is 0. The number of nitrogen functional groups attached to an aromatic ring is 1. The molecule has 1 aliphatic rings. The highest BCUT2D eigenvalue weighted by atomic mass is 14.9. The minimum Gasteiger partial charge on any atom is -0.398 e. The molecule has 0 spiro atoms. The van der Waals surface area contributed by atoms with Gasteiger partial charge in [0.1, 0.15) is 0 Å². The molecule has 2 rings (SSSR count). The molecule has 1 aromatic rings. The number of hydrogen-bond acceptors (Lipinski definition) is 2. The molecule has 1 aromatic carbocycles. The van der Waals surface area contributed by atoms with E-state index in [1.165, 1.54) is 17.5 Å². The molecule has 0 radical (unpaired) electrons. The van der Waals surface area contributed by atoms with Gasteiger partial charge < -0.3 is 11.1 Å². The Labute approximate surface area is 72.8 Å². The van der Waals surface area contributed by atoms with Crippen molar-refractivity contribution in [1.29, 1.82) is 0 Å². The average molecular weight is 162 g/mol. The van der Waals surface area contributed by atoms with E-state index in [1.807, 2.05) is 12.1 Å². The first-order valence-electron chi connectivity index (χ1n) is 4.45. The maximum absolute atomic E-state index is 5.87. The molecular formula is C10H14N2. The quantitative estimate of drug-likeness (QED) is 0.564. The van der Waals surface area contributed by atoms with E-state index in [4.69, 9.17) is 5.73 Å². The van der Waals surface area contributed by atoms with E-state index in [1.54, 1.807) is 0 Å². The lowest BCUT2D eigenvalue weighted by molar-refractivity contribution is 0.681. The Hall–Kier alpha value is -1.02. The highest BCUT2D eigenvalue weighted by molar-refractivity contribution is 5.51. The van der Waals surface area contributed by atoms with Crippen LogP contribution in [-0.2, 0) is 13.0 Å². The summed E-state index contributed by atoms with van der Waals surface area (Å²) in [4.78, 5) is 0. The first kappa shape index (κ1) is 7.62. The van der Waals surface area contributed by atoms with Gasteiger partial charge in [0.25, 0.3) is 0 Å². The summed E-state index contributed by atoms with van der Waals surface area (Å²) in [6.45, 7) is 2.04. The summed E-state index contributed by atoms with van der Waals surface area (Å²) < 4.78 is 0. The van der Waals surface area contributed by atoms with Crippen molar-refractivity contribution in [2.45, 2.75) is 19.4 Å². The van der Waals surface area contributed by atoms with Crippen molar-refractivity contribution in [1.82, 2.24) is 5.32 Å². The third-order valence-electron chi connectivity index (χ3n) is 2.41. The number of nitrogens with two attached hydrogens (primary N) is 1. The third kappa shape index (κ3) is 1.30. The number of anilines is 1. The van der Waals surface area contributed by atoms with Crippen molar-refractivity contribution >= 4 is 5.69 Å². The van der Waals surface area contributed by atoms with Crippen molar-refractivity contribution in [2.24, 2.45) is 0 Å². The van der Waals surface area contributed by atoms with Gasteiger partial charge in [0.05, 0.1) is 0 Å². The SMILES string of the molecule is Nc1cccc2c1CNCCC2. The summed E-state index contributed by atoms with van der Waals surface area (Å²) in [5, 5.41) is 3.36. The van der Waals surface area contributed by atoms with Crippen LogP contribution in [-0.4, -0.2) is 6.54 Å². The number of fused-ring (bicyclic) bond motifs is 1. The molecule has 1 aliphatic heterocycles. The zero-order chi connectivity index (χ0) is 8.39. The fourth-order valence-electron chi connectivity index (χ4n) is 1.72. The molecule has 2 heteroatoms. The molecule has 0 amide bonds. The topological polar surface area (TPSA) is 38.0 Å². The fourth-order valence-corrected chi connectivity index (χ4v) is 1.72. The highest BCUT2D eigenvalue weighted by Crippen LogP contribution is 2.19. The second-order valence-corrected chi connectivity index (χ2v) is 3.27. The molecular weight excluding hydrogens is 148 g/mol. The smallest absolute Gasteiger partial charge is 0.0362 e. The van der Waals surface area contributed by atoms with Crippen LogP contribution in [0.5, 0.6) is 0 Å². The van der Waals surface area contributed by atoms with Gasteiger partial charge in [-0.25, -0.2) is 0 Å². The van der Waals surface area contributed by atoms with Gasteiger partial charge >= 0.3 is 0 Å². The fraction of sp³-hybridized carbons (Fsp3) is 0.400. The normalized spacial score (nSPS) is 16.7. The first-order valence-corrected chi connectivity index (χ1v) is 4.45. The van der Waals surface area contributed by atoms with Gasteiger partial charge in [0.2, 0.25) is 0 Å². The molecule has 1 heterocycles. The lowest BCUT2D eigenvalue weighted by atomic mass is 10.0. The molecule has 0 aromatic heterocycles. The van der Waals surface area contributed by atoms with Gasteiger partial charge in [0, 0.05) is 12.2 Å². The number of aryl methyl sites for hydroxylation is 1. The number of hydrogen-bond donors (Lipinski definition) is 2. The van der Waals surface area contributed by atoms with Crippen LogP contribution in [0.25, 0.3) is 0 Å². The van der Waals surface area contributed by atoms with Crippen LogP contribution in [0.3, 0.4) is 0 Å². The van der Waals surface area contributed by atoms with Gasteiger partial charge in [-0.15, -0.1) is 0 Å². The minimum absolute atomic E-state index is 0.932. The lowest BCUT2D eigenvalue weighted by Gasteiger charge is -2.07. The monoisotopic (exact) mass is 162 g/mol. The Morgan fingerprint density at radius 3 is 3.17 bits per heavy atom. The maximum atomic E-state index is 5.87. The molecule has 12 heavy (non-hydrogen) atoms. The van der Waals surface area contributed by atoms with E-state index >= 15 is 0 Å². The zero-order valence-corrected chi connectivity index (χ0v) is 7.14. The summed E-state index contributed by atoms with van der Waals surface area (Å²) in [6.07, 6.45) is 2.38. The van der Waals surface area contributed by atoms with Crippen LogP contribution >= 0.6 is 0 Å². The Kier molecular flexibility index (Phi) is 2.00. The Morgan fingerprint density at radius 1 is 1.33 bits per heavy atom. The molecule has 0 bridgehead atoms. The Bertz CT molecular complexity index is 281. The summed E-state index contributed by atoms with van der Waals surface area (Å²) in [5.41, 5.74) is 9.52. The second-order valence-electron chi connectivity index (χ2n) is 3.27. The van der Waals surface area contributed by atoms with Crippen LogP contribution in [0.15, 0.2) is 18.2 Å². The number of benzene rings is 1. The van der Waals surface area contributed by atoms with E-state index < -0.39 is 0 Å². The second kappa shape index (κ2) is 3.15. The predicted octanol–water partition coefficient (Wildman–Crippen LogP) is 1.30. The standard InChI is InChI=1S/C10H14N2/c11-10-5-1-3-8-4-2-6-12-7-9(8)10/h1,3,5,12H,2,4,6-7,11H2. The molecule has 0 unspecified atom stereocenters. The summed E-state index contributed by atoms with van der Waals surface area (Å²) in [6, 6.07) is 6.20. The van der Waals surface area contributed by atoms with Gasteiger partial charge in [-0.1, -0.05) is 12.1 Å². The van der Waals surface area contributed by atoms with Crippen LogP contribution in [0.4, 0.5) is 5.69 Å². The molecule has 0 atom stereocenters. The molecule has 3 N–H and O–H groups in total. The number of nitrogens with one attached hydrogen (secondary N) is 1. The minimum atomic E-state index is 0.932. The largest absolute Gasteiger partial charge is 0.398 e. The molecule has 0 aliphatic carbocycles. The predicted molar refractivity (Wildman–Crippen MR) is 50.9 cm³/mol. The Morgan fingerprint density at radius 2 is 2.25 bits per heavy atom. The lowest BCUT2D eigenvalue weighted by Crippen LogP contribution is -2.13. The van der Waals surface area contributed by atoms with Crippen LogP contribution in [0.2, 0.25) is 0 Å². The van der Waals surface area contributed by atoms with Crippen LogP contribution in [0, 0.1) is 0 Å². The van der Waals surface area contributed by atoms with Crippen LogP contribution < -0.4 is 11.1 Å². The van der Waals surface area contributed by atoms with Crippen LogP contribution in [0.1, 0.15) is 17.5 Å². The van der Waals surface area contributed by atoms with Gasteiger partial charge in [0.15, 0.2) is 0 Å². The highest BCUT2D eigenvalue weighted by Gasteiger charge is 2.08. The van der Waals surface area contributed by atoms with Crippen molar-refractivity contribution in [3.05, 3.63) is 29.3 Å². The molecule has 0 saturated carbocycles. The first-order chi connectivity index (χ1) is 5.88. The zero-order valence-electron chi connectivity index (χ0n) is 7.14. The summed E-state index contributed by atoms with van der Waals surface area (Å²) in [7, 11) is 0. The summed E-state index contributed by atoms with van der Waals surface area (Å²) >= 11 is 0. The van der Waals surface area contributed by atoms with Crippen molar-refractivity contribution < 1.29 is 0 Å². The maximum Gasteiger partial charge on any atom is 0.0362 e. The van der Waals surface area contributed by atoms with E-state index in [2.05, 4.69) is 11.4 Å². The molecule has 0 fully saturated rings. The van der Waals surface area contributed by atoms with E-state index in [0.29, 0.717) is 0 Å². The van der Waals surface area contributed by atoms with E-state index in [0.717, 1.165) is 25.2 Å². The van der Waals surface area contributed by atoms with Crippen molar-refractivity contribution in [3.63, 3.8) is 0 Å². The van der Waals surface area contributed by atoms with E-state index in [9.17, 15) is 0 Å². The van der Waals surface area contributed by atoms with E-state index in [-0.39, 0.29) is 0 Å². The third-order valence-corrected chi connectivity index (χ3v) is 2.41. The van der Waals surface area contributed by atoms with Gasteiger partial charge in [-0.3, -0.25) is 0 Å². The average Bonchev–Trinajstić information content (AvgIpc) is 2.30. The number of rotatable bonds is 0. The molecule has 2 nitrogen and oxygen atoms in total. The molecule has 0 saturated heterocycles. The van der Waals surface area contributed by atoms with Gasteiger partial charge in [-0.05, 0) is 36.6 Å². The molecule has 64 valence electrons. The van der Waals surface area contributed by atoms with Crippen molar-refractivity contribution in [3.8, 4) is 0 Å². The van der Waals surface area contributed by atoms with Crippen molar-refractivity contribution in [2.75, 3.05) is 12.3 Å².